The van der Waals surface area contributed by atoms with Gasteiger partial charge >= 0.3 is 0 Å². The number of rotatable bonds is 10. The van der Waals surface area contributed by atoms with Crippen LogP contribution in [0.3, 0.4) is 0 Å². The van der Waals surface area contributed by atoms with Gasteiger partial charge in [0.05, 0.1) is 28.9 Å². The van der Waals surface area contributed by atoms with Gasteiger partial charge in [0, 0.05) is 11.5 Å². The summed E-state index contributed by atoms with van der Waals surface area (Å²) in [4.78, 5) is 0. The van der Waals surface area contributed by atoms with Crippen LogP contribution >= 0.6 is 0 Å². The summed E-state index contributed by atoms with van der Waals surface area (Å²) in [5.74, 6) is -0.286. The summed E-state index contributed by atoms with van der Waals surface area (Å²) in [6, 6.07) is 13.8. The van der Waals surface area contributed by atoms with Crippen LogP contribution in [0.5, 0.6) is 0 Å². The van der Waals surface area contributed by atoms with Crippen molar-refractivity contribution >= 4 is 16.1 Å². The molecule has 3 aromatic rings. The summed E-state index contributed by atoms with van der Waals surface area (Å²) < 4.78 is 43.1. The Bertz CT molecular complexity index is 1440. The van der Waals surface area contributed by atoms with E-state index in [0.29, 0.717) is 19.3 Å². The molecule has 8 heteroatoms. The SMILES string of the molecule is CCC1=Cc2c(cnn2-c2ccc(F)cc2)CC1(C)[C@@H](O)CCc1ccccc1[C@@H](C)NS(=O)(=O)C1CC1. The molecule has 2 N–H and O–H groups in total. The number of nitrogens with zero attached hydrogens (tertiary/aromatic N) is 2. The van der Waals surface area contributed by atoms with Gasteiger partial charge in [-0.15, -0.1) is 0 Å². The summed E-state index contributed by atoms with van der Waals surface area (Å²) in [7, 11) is -3.30. The molecule has 0 radical (unpaired) electrons. The number of aliphatic hydroxyl groups excluding tert-OH is 1. The number of aliphatic hydroxyl groups is 1. The third-order valence-corrected chi connectivity index (χ3v) is 10.2. The smallest absolute Gasteiger partial charge is 0.215 e. The predicted molar refractivity (Wildman–Crippen MR) is 148 cm³/mol. The Morgan fingerprint density at radius 3 is 2.58 bits per heavy atom. The average molecular weight is 538 g/mol. The number of nitrogens with one attached hydrogen (secondary N) is 1. The molecule has 0 saturated heterocycles. The lowest BCUT2D eigenvalue weighted by Gasteiger charge is -2.39. The van der Waals surface area contributed by atoms with Crippen LogP contribution in [-0.2, 0) is 22.9 Å². The number of halogens is 1. The van der Waals surface area contributed by atoms with E-state index in [1.807, 2.05) is 42.1 Å². The number of fused-ring (bicyclic) bond motifs is 1. The van der Waals surface area contributed by atoms with Gasteiger partial charge in [-0.1, -0.05) is 43.7 Å². The van der Waals surface area contributed by atoms with Crippen LogP contribution in [0.15, 0.2) is 60.3 Å². The molecule has 1 fully saturated rings. The summed E-state index contributed by atoms with van der Waals surface area (Å²) in [6.07, 6.45) is 7.47. The predicted octanol–water partition coefficient (Wildman–Crippen LogP) is 5.50. The Hall–Kier alpha value is -2.81. The van der Waals surface area contributed by atoms with Gasteiger partial charge in [-0.25, -0.2) is 22.2 Å². The minimum Gasteiger partial charge on any atom is -0.392 e. The highest BCUT2D eigenvalue weighted by atomic mass is 32.2. The second-order valence-electron chi connectivity index (χ2n) is 10.9. The fourth-order valence-corrected chi connectivity index (χ4v) is 7.30. The lowest BCUT2D eigenvalue weighted by Crippen LogP contribution is -2.38. The van der Waals surface area contributed by atoms with E-state index in [9.17, 15) is 17.9 Å². The van der Waals surface area contributed by atoms with Crippen LogP contribution in [0.25, 0.3) is 11.8 Å². The molecule has 5 rings (SSSR count). The lowest BCUT2D eigenvalue weighted by atomic mass is 9.67. The van der Waals surface area contributed by atoms with Crippen molar-refractivity contribution in [3.8, 4) is 5.69 Å². The van der Waals surface area contributed by atoms with Crippen molar-refractivity contribution in [3.05, 3.63) is 88.5 Å². The third kappa shape index (κ3) is 5.22. The van der Waals surface area contributed by atoms with Crippen LogP contribution in [0.1, 0.15) is 74.9 Å². The van der Waals surface area contributed by atoms with E-state index >= 15 is 0 Å². The first-order valence-electron chi connectivity index (χ1n) is 13.4. The van der Waals surface area contributed by atoms with Gasteiger partial charge in [-0.05, 0) is 92.5 Å². The number of benzene rings is 2. The van der Waals surface area contributed by atoms with Gasteiger partial charge in [-0.3, -0.25) is 0 Å². The molecule has 1 heterocycles. The zero-order valence-corrected chi connectivity index (χ0v) is 23.0. The van der Waals surface area contributed by atoms with Gasteiger partial charge in [-0.2, -0.15) is 5.10 Å². The molecule has 0 bridgehead atoms. The van der Waals surface area contributed by atoms with Crippen molar-refractivity contribution in [2.24, 2.45) is 5.41 Å². The number of sulfonamides is 1. The minimum absolute atomic E-state index is 0.262. The zero-order valence-electron chi connectivity index (χ0n) is 22.2. The topological polar surface area (TPSA) is 84.2 Å². The van der Waals surface area contributed by atoms with Crippen molar-refractivity contribution < 1.29 is 17.9 Å². The van der Waals surface area contributed by atoms with Gasteiger partial charge in [0.2, 0.25) is 10.0 Å². The summed E-state index contributed by atoms with van der Waals surface area (Å²) in [5, 5.41) is 15.9. The van der Waals surface area contributed by atoms with E-state index in [1.54, 1.807) is 12.1 Å². The number of hydrogen-bond acceptors (Lipinski definition) is 4. The molecule has 0 amide bonds. The molecule has 0 spiro atoms. The highest BCUT2D eigenvalue weighted by Crippen LogP contribution is 2.44. The fraction of sp³-hybridized carbons (Fsp3) is 0.433. The Labute approximate surface area is 224 Å². The highest BCUT2D eigenvalue weighted by Gasteiger charge is 2.40. The highest BCUT2D eigenvalue weighted by molar-refractivity contribution is 7.90. The van der Waals surface area contributed by atoms with Crippen molar-refractivity contribution in [2.75, 3.05) is 0 Å². The molecular weight excluding hydrogens is 501 g/mol. The summed E-state index contributed by atoms with van der Waals surface area (Å²) in [6.45, 7) is 6.10. The maximum Gasteiger partial charge on any atom is 0.215 e. The molecular formula is C30H36FN3O3S. The van der Waals surface area contributed by atoms with E-state index in [-0.39, 0.29) is 17.1 Å². The van der Waals surface area contributed by atoms with Gasteiger partial charge < -0.3 is 5.11 Å². The molecule has 202 valence electrons. The third-order valence-electron chi connectivity index (χ3n) is 8.19. The number of aromatic nitrogens is 2. The van der Waals surface area contributed by atoms with Crippen molar-refractivity contribution in [2.45, 2.75) is 76.7 Å². The molecule has 2 aromatic carbocycles. The Balaban J connectivity index is 1.33. The Morgan fingerprint density at radius 2 is 1.89 bits per heavy atom. The van der Waals surface area contributed by atoms with E-state index in [0.717, 1.165) is 52.9 Å². The van der Waals surface area contributed by atoms with Crippen LogP contribution in [0, 0.1) is 11.2 Å². The van der Waals surface area contributed by atoms with Crippen LogP contribution in [0.4, 0.5) is 4.39 Å². The van der Waals surface area contributed by atoms with Crippen LogP contribution < -0.4 is 4.72 Å². The molecule has 2 aliphatic carbocycles. The van der Waals surface area contributed by atoms with E-state index in [1.165, 1.54) is 12.1 Å². The Morgan fingerprint density at radius 1 is 1.18 bits per heavy atom. The number of hydrogen-bond donors (Lipinski definition) is 2. The maximum atomic E-state index is 13.4. The standard InChI is InChI=1S/C30H36FN3O3S/c1-4-23-17-28-22(19-32-34(28)25-12-10-24(31)11-13-25)18-30(23,3)29(35)16-9-21-7-5-6-8-27(21)20(2)33-38(36,37)26-14-15-26/h5-8,10-13,17,19-20,26,29,33,35H,4,9,14-16,18H2,1-3H3/t20-,29+,30?/m1/s1. The molecule has 38 heavy (non-hydrogen) atoms. The van der Waals surface area contributed by atoms with E-state index in [4.69, 9.17) is 0 Å². The first-order valence-corrected chi connectivity index (χ1v) is 15.0. The van der Waals surface area contributed by atoms with Gasteiger partial charge in [0.15, 0.2) is 0 Å². The molecule has 3 atom stereocenters. The first-order chi connectivity index (χ1) is 18.1. The van der Waals surface area contributed by atoms with Crippen LogP contribution in [0.2, 0.25) is 0 Å². The largest absolute Gasteiger partial charge is 0.392 e. The minimum atomic E-state index is -3.30. The van der Waals surface area contributed by atoms with Crippen molar-refractivity contribution in [1.82, 2.24) is 14.5 Å². The lowest BCUT2D eigenvalue weighted by molar-refractivity contribution is 0.0531. The number of aryl methyl sites for hydroxylation is 1. The fourth-order valence-electron chi connectivity index (χ4n) is 5.73. The van der Waals surface area contributed by atoms with E-state index < -0.39 is 21.5 Å². The molecule has 0 aliphatic heterocycles. The normalized spacial score (nSPS) is 21.0. The first kappa shape index (κ1) is 26.8. The molecule has 1 saturated carbocycles. The van der Waals surface area contributed by atoms with Gasteiger partial charge in [0.1, 0.15) is 5.82 Å². The monoisotopic (exact) mass is 537 g/mol. The molecule has 1 aromatic heterocycles. The molecule has 6 nitrogen and oxygen atoms in total. The van der Waals surface area contributed by atoms with Gasteiger partial charge in [0.25, 0.3) is 0 Å². The zero-order chi connectivity index (χ0) is 27.1. The second-order valence-corrected chi connectivity index (χ2v) is 12.9. The molecule has 1 unspecified atom stereocenters. The quantitative estimate of drug-likeness (QED) is 0.358. The van der Waals surface area contributed by atoms with Crippen molar-refractivity contribution in [3.63, 3.8) is 0 Å². The second kappa shape index (κ2) is 10.4. The summed E-state index contributed by atoms with van der Waals surface area (Å²) >= 11 is 0. The van der Waals surface area contributed by atoms with Crippen LogP contribution in [-0.4, -0.2) is 34.7 Å². The summed E-state index contributed by atoms with van der Waals surface area (Å²) in [5.41, 5.74) is 5.52. The Kier molecular flexibility index (Phi) is 7.33. The maximum absolute atomic E-state index is 13.4. The van der Waals surface area contributed by atoms with Crippen molar-refractivity contribution in [1.29, 1.82) is 0 Å². The molecule has 2 aliphatic rings. The van der Waals surface area contributed by atoms with E-state index in [2.05, 4.69) is 29.7 Å². The average Bonchev–Trinajstić information content (AvgIpc) is 3.69.